The number of ketones is 1. The predicted octanol–water partition coefficient (Wildman–Crippen LogP) is 4.61. The summed E-state index contributed by atoms with van der Waals surface area (Å²) in [6, 6.07) is 16.2. The maximum absolute atomic E-state index is 12.4. The van der Waals surface area contributed by atoms with Crippen LogP contribution in [0.2, 0.25) is 5.02 Å². The van der Waals surface area contributed by atoms with Gasteiger partial charge in [-0.3, -0.25) is 14.6 Å². The Balaban J connectivity index is 1.69. The molecule has 0 unspecified atom stereocenters. The van der Waals surface area contributed by atoms with Crippen LogP contribution in [0.25, 0.3) is 0 Å². The van der Waals surface area contributed by atoms with E-state index in [1.54, 1.807) is 36.5 Å². The minimum Gasteiger partial charge on any atom is -0.354 e. The number of benzene rings is 2. The summed E-state index contributed by atoms with van der Waals surface area (Å²) in [6.07, 6.45) is 3.12. The molecule has 27 heavy (non-hydrogen) atoms. The van der Waals surface area contributed by atoms with Crippen molar-refractivity contribution in [1.29, 1.82) is 0 Å². The molecule has 1 heterocycles. The van der Waals surface area contributed by atoms with Crippen LogP contribution in [-0.4, -0.2) is 16.7 Å². The lowest BCUT2D eigenvalue weighted by Crippen LogP contribution is -2.23. The normalized spacial score (nSPS) is 10.3. The Morgan fingerprint density at radius 3 is 2.52 bits per heavy atom. The second-order valence-electron chi connectivity index (χ2n) is 6.00. The first-order valence-electron chi connectivity index (χ1n) is 8.37. The molecule has 0 saturated carbocycles. The van der Waals surface area contributed by atoms with Crippen LogP contribution in [-0.2, 0) is 6.54 Å². The molecule has 0 bridgehead atoms. The number of hydrogen-bond acceptors (Lipinski definition) is 4. The quantitative estimate of drug-likeness (QED) is 0.613. The van der Waals surface area contributed by atoms with Gasteiger partial charge in [-0.2, -0.15) is 0 Å². The lowest BCUT2D eigenvalue weighted by Gasteiger charge is -2.10. The van der Waals surface area contributed by atoms with Gasteiger partial charge >= 0.3 is 0 Å². The Morgan fingerprint density at radius 1 is 0.963 bits per heavy atom. The van der Waals surface area contributed by atoms with E-state index < -0.39 is 0 Å². The van der Waals surface area contributed by atoms with Gasteiger partial charge in [0.25, 0.3) is 5.91 Å². The molecule has 0 aliphatic rings. The predicted molar refractivity (Wildman–Crippen MR) is 107 cm³/mol. The number of anilines is 2. The summed E-state index contributed by atoms with van der Waals surface area (Å²) in [5.74, 6) is -0.256. The van der Waals surface area contributed by atoms with E-state index in [9.17, 15) is 9.59 Å². The van der Waals surface area contributed by atoms with E-state index in [1.165, 1.54) is 13.1 Å². The van der Waals surface area contributed by atoms with Crippen LogP contribution in [0.15, 0.2) is 67.0 Å². The molecule has 136 valence electrons. The average Bonchev–Trinajstić information content (AvgIpc) is 2.67. The summed E-state index contributed by atoms with van der Waals surface area (Å²) in [4.78, 5) is 28.0. The fraction of sp³-hybridized carbons (Fsp3) is 0.0952. The van der Waals surface area contributed by atoms with Gasteiger partial charge in [0.05, 0.1) is 17.4 Å². The number of amides is 1. The highest BCUT2D eigenvalue weighted by atomic mass is 35.5. The lowest BCUT2D eigenvalue weighted by atomic mass is 10.1. The fourth-order valence-corrected chi connectivity index (χ4v) is 2.74. The van der Waals surface area contributed by atoms with Gasteiger partial charge in [-0.15, -0.1) is 0 Å². The minimum absolute atomic E-state index is 0.00974. The summed E-state index contributed by atoms with van der Waals surface area (Å²) in [5, 5.41) is 6.60. The smallest absolute Gasteiger partial charge is 0.253 e. The van der Waals surface area contributed by atoms with Crippen LogP contribution in [0.3, 0.4) is 0 Å². The lowest BCUT2D eigenvalue weighted by molar-refractivity contribution is 0.0949. The number of pyridine rings is 1. The van der Waals surface area contributed by atoms with Crippen molar-refractivity contribution in [3.8, 4) is 0 Å². The summed E-state index contributed by atoms with van der Waals surface area (Å²) in [6.45, 7) is 1.85. The molecule has 0 aliphatic heterocycles. The third-order valence-corrected chi connectivity index (χ3v) is 4.32. The largest absolute Gasteiger partial charge is 0.354 e. The van der Waals surface area contributed by atoms with Crippen molar-refractivity contribution in [3.05, 3.63) is 88.7 Å². The van der Waals surface area contributed by atoms with Crippen LogP contribution in [0.4, 0.5) is 11.4 Å². The standard InChI is InChI=1S/C21H18ClN3O2/c1-14(26)15-6-4-7-18(9-15)25-19-10-17(11-23-13-19)21(27)24-12-16-5-2-3-8-20(16)22/h2-11,13,25H,12H2,1H3,(H,24,27). The van der Waals surface area contributed by atoms with Gasteiger partial charge in [-0.05, 0) is 36.8 Å². The van der Waals surface area contributed by atoms with Crippen molar-refractivity contribution in [3.63, 3.8) is 0 Å². The topological polar surface area (TPSA) is 71.1 Å². The monoisotopic (exact) mass is 379 g/mol. The molecule has 2 N–H and O–H groups in total. The highest BCUT2D eigenvalue weighted by molar-refractivity contribution is 6.31. The fourth-order valence-electron chi connectivity index (χ4n) is 2.53. The molecule has 5 nitrogen and oxygen atoms in total. The number of hydrogen-bond donors (Lipinski definition) is 2. The zero-order chi connectivity index (χ0) is 19.2. The number of Topliss-reactive ketones (excluding diaryl/α,β-unsaturated/α-hetero) is 1. The number of aromatic nitrogens is 1. The minimum atomic E-state index is -0.247. The highest BCUT2D eigenvalue weighted by Gasteiger charge is 2.09. The molecule has 0 spiro atoms. The van der Waals surface area contributed by atoms with E-state index in [0.717, 1.165) is 11.3 Å². The molecule has 0 radical (unpaired) electrons. The van der Waals surface area contributed by atoms with E-state index in [-0.39, 0.29) is 11.7 Å². The maximum Gasteiger partial charge on any atom is 0.253 e. The van der Waals surface area contributed by atoms with Gasteiger partial charge in [0.1, 0.15) is 0 Å². The Hall–Kier alpha value is -3.18. The zero-order valence-corrected chi connectivity index (χ0v) is 15.5. The molecule has 3 rings (SSSR count). The first-order valence-corrected chi connectivity index (χ1v) is 8.75. The van der Waals surface area contributed by atoms with Crippen LogP contribution >= 0.6 is 11.6 Å². The number of carbonyl (C=O) groups excluding carboxylic acids is 2. The number of nitrogens with zero attached hydrogens (tertiary/aromatic N) is 1. The maximum atomic E-state index is 12.4. The van der Waals surface area contributed by atoms with Gasteiger partial charge < -0.3 is 10.6 Å². The Bertz CT molecular complexity index is 988. The highest BCUT2D eigenvalue weighted by Crippen LogP contribution is 2.19. The summed E-state index contributed by atoms with van der Waals surface area (Å²) >= 11 is 6.11. The van der Waals surface area contributed by atoms with E-state index in [0.29, 0.717) is 28.4 Å². The van der Waals surface area contributed by atoms with E-state index >= 15 is 0 Å². The number of rotatable bonds is 6. The molecule has 1 aromatic heterocycles. The molecule has 3 aromatic rings. The molecule has 0 aliphatic carbocycles. The van der Waals surface area contributed by atoms with E-state index in [1.807, 2.05) is 24.3 Å². The van der Waals surface area contributed by atoms with Crippen molar-refractivity contribution in [1.82, 2.24) is 10.3 Å². The first-order chi connectivity index (χ1) is 13.0. The van der Waals surface area contributed by atoms with E-state index in [4.69, 9.17) is 11.6 Å². The second kappa shape index (κ2) is 8.47. The molecule has 6 heteroatoms. The first kappa shape index (κ1) is 18.6. The Kier molecular flexibility index (Phi) is 5.84. The van der Waals surface area contributed by atoms with Crippen LogP contribution in [0.1, 0.15) is 33.2 Å². The molecular weight excluding hydrogens is 362 g/mol. The summed E-state index contributed by atoms with van der Waals surface area (Å²) in [5.41, 5.74) is 3.28. The van der Waals surface area contributed by atoms with Crippen LogP contribution in [0, 0.1) is 0 Å². The van der Waals surface area contributed by atoms with Crippen molar-refractivity contribution in [2.45, 2.75) is 13.5 Å². The van der Waals surface area contributed by atoms with Gasteiger partial charge in [0.15, 0.2) is 5.78 Å². The molecule has 2 aromatic carbocycles. The van der Waals surface area contributed by atoms with Crippen molar-refractivity contribution in [2.75, 3.05) is 5.32 Å². The summed E-state index contributed by atoms with van der Waals surface area (Å²) in [7, 11) is 0. The van der Waals surface area contributed by atoms with E-state index in [2.05, 4.69) is 15.6 Å². The molecule has 0 saturated heterocycles. The number of carbonyl (C=O) groups is 2. The van der Waals surface area contributed by atoms with Gasteiger partial charge in [0, 0.05) is 29.0 Å². The number of halogens is 1. The molecule has 1 amide bonds. The molecular formula is C21H18ClN3O2. The average molecular weight is 380 g/mol. The van der Waals surface area contributed by atoms with Gasteiger partial charge in [-0.25, -0.2) is 0 Å². The Labute approximate surface area is 162 Å². The SMILES string of the molecule is CC(=O)c1cccc(Nc2cncc(C(=O)NCc3ccccc3Cl)c2)c1. The van der Waals surface area contributed by atoms with Gasteiger partial charge in [0.2, 0.25) is 0 Å². The summed E-state index contributed by atoms with van der Waals surface area (Å²) < 4.78 is 0. The third-order valence-electron chi connectivity index (χ3n) is 3.96. The van der Waals surface area contributed by atoms with Gasteiger partial charge in [-0.1, -0.05) is 41.9 Å². The van der Waals surface area contributed by atoms with Crippen molar-refractivity contribution in [2.24, 2.45) is 0 Å². The van der Waals surface area contributed by atoms with Crippen LogP contribution < -0.4 is 10.6 Å². The Morgan fingerprint density at radius 2 is 1.74 bits per heavy atom. The molecule has 0 fully saturated rings. The molecule has 0 atom stereocenters. The number of nitrogens with one attached hydrogen (secondary N) is 2. The van der Waals surface area contributed by atoms with Crippen molar-refractivity contribution >= 4 is 34.7 Å². The zero-order valence-electron chi connectivity index (χ0n) is 14.7. The van der Waals surface area contributed by atoms with Crippen molar-refractivity contribution < 1.29 is 9.59 Å². The van der Waals surface area contributed by atoms with Crippen LogP contribution in [0.5, 0.6) is 0 Å². The third kappa shape index (κ3) is 4.92. The second-order valence-corrected chi connectivity index (χ2v) is 6.41.